The summed E-state index contributed by atoms with van der Waals surface area (Å²) in [5.74, 6) is 0.139. The number of nitrogens with zero attached hydrogens (tertiary/aromatic N) is 3. The van der Waals surface area contributed by atoms with Crippen LogP contribution in [0.5, 0.6) is 0 Å². The first-order valence-corrected chi connectivity index (χ1v) is 16.0. The second kappa shape index (κ2) is 10.2. The summed E-state index contributed by atoms with van der Waals surface area (Å²) in [4.78, 5) is 16.6. The SMILES string of the molecule is Nc1nc2nc([PH](=O)c3ccccc3)c([PH](=O)c3ccccc3)c([PH](=O)c3ccccc3)c2c2[nH]cnc12. The Labute approximate surface area is 219 Å². The molecule has 3 N–H and O–H groups in total. The summed E-state index contributed by atoms with van der Waals surface area (Å²) in [5.41, 5.74) is 7.42. The molecule has 0 aliphatic carbocycles. The quantitative estimate of drug-likeness (QED) is 0.301. The monoisotopic (exact) mass is 557 g/mol. The molecule has 0 saturated carbocycles. The number of nitrogens with one attached hydrogen (secondary N) is 1. The number of benzene rings is 3. The van der Waals surface area contributed by atoms with Crippen molar-refractivity contribution in [1.29, 1.82) is 0 Å². The minimum Gasteiger partial charge on any atom is -0.382 e. The van der Waals surface area contributed by atoms with Crippen LogP contribution in [-0.4, -0.2) is 19.9 Å². The molecule has 3 aromatic carbocycles. The number of hydrogen-bond donors (Lipinski definition) is 2. The van der Waals surface area contributed by atoms with E-state index in [4.69, 9.17) is 10.7 Å². The first-order chi connectivity index (χ1) is 18.5. The van der Waals surface area contributed by atoms with Gasteiger partial charge < -0.3 is 24.4 Å². The number of nitrogen functional groups attached to an aromatic ring is 1. The predicted octanol–water partition coefficient (Wildman–Crippen LogP) is 2.62. The highest BCUT2D eigenvalue weighted by molar-refractivity contribution is 7.71. The van der Waals surface area contributed by atoms with E-state index in [0.717, 1.165) is 0 Å². The van der Waals surface area contributed by atoms with E-state index in [-0.39, 0.29) is 22.2 Å². The number of nitrogens with two attached hydrogens (primary N) is 1. The number of H-pyrrole nitrogens is 1. The molecule has 3 heterocycles. The molecule has 0 aliphatic heterocycles. The summed E-state index contributed by atoms with van der Waals surface area (Å²) in [7, 11) is -8.37. The van der Waals surface area contributed by atoms with Gasteiger partial charge in [0.15, 0.2) is 11.5 Å². The number of pyridine rings is 2. The van der Waals surface area contributed by atoms with Gasteiger partial charge >= 0.3 is 0 Å². The van der Waals surface area contributed by atoms with Gasteiger partial charge in [0.05, 0.1) is 22.5 Å². The van der Waals surface area contributed by atoms with Crippen molar-refractivity contribution in [2.75, 3.05) is 5.73 Å². The van der Waals surface area contributed by atoms with E-state index >= 15 is 0 Å². The van der Waals surface area contributed by atoms with E-state index in [1.54, 1.807) is 72.8 Å². The van der Waals surface area contributed by atoms with Crippen LogP contribution in [0.2, 0.25) is 0 Å². The topological polar surface area (TPSA) is 132 Å². The molecule has 6 aromatic rings. The fourth-order valence-corrected chi connectivity index (χ4v) is 10.4. The van der Waals surface area contributed by atoms with Gasteiger partial charge in [0.1, 0.15) is 34.4 Å². The van der Waals surface area contributed by atoms with Crippen molar-refractivity contribution in [3.63, 3.8) is 0 Å². The van der Waals surface area contributed by atoms with Crippen LogP contribution in [0.4, 0.5) is 5.82 Å². The van der Waals surface area contributed by atoms with Crippen molar-refractivity contribution in [3.05, 3.63) is 97.3 Å². The molecule has 6 rings (SSSR count). The molecule has 0 saturated heterocycles. The van der Waals surface area contributed by atoms with E-state index in [1.165, 1.54) is 6.33 Å². The number of fused-ring (bicyclic) bond motifs is 3. The Balaban J connectivity index is 1.79. The van der Waals surface area contributed by atoms with Crippen molar-refractivity contribution in [2.24, 2.45) is 0 Å². The van der Waals surface area contributed by atoms with E-state index in [1.807, 2.05) is 18.2 Å². The van der Waals surface area contributed by atoms with Crippen LogP contribution in [0.25, 0.3) is 22.1 Å². The van der Waals surface area contributed by atoms with Crippen molar-refractivity contribution in [2.45, 2.75) is 0 Å². The molecule has 3 unspecified atom stereocenters. The van der Waals surface area contributed by atoms with Gasteiger partial charge in [-0.25, -0.2) is 15.0 Å². The molecule has 0 radical (unpaired) electrons. The summed E-state index contributed by atoms with van der Waals surface area (Å²) in [6, 6.07) is 26.8. The largest absolute Gasteiger partial charge is 0.382 e. The molecule has 0 fully saturated rings. The molecule has 3 aromatic heterocycles. The third-order valence-electron chi connectivity index (χ3n) is 6.31. The van der Waals surface area contributed by atoms with Gasteiger partial charge in [-0.05, 0) is 0 Å². The summed E-state index contributed by atoms with van der Waals surface area (Å²) in [6.07, 6.45) is 1.48. The number of rotatable bonds is 6. The van der Waals surface area contributed by atoms with E-state index in [2.05, 4.69) is 15.0 Å². The first-order valence-electron chi connectivity index (χ1n) is 11.8. The lowest BCUT2D eigenvalue weighted by Gasteiger charge is -2.18. The molecular weight excluding hydrogens is 535 g/mol. The average molecular weight is 557 g/mol. The summed E-state index contributed by atoms with van der Waals surface area (Å²) < 4.78 is 42.9. The summed E-state index contributed by atoms with van der Waals surface area (Å²) in [6.45, 7) is 0. The number of anilines is 1. The molecule has 8 nitrogen and oxygen atoms in total. The number of hydrogen-bond acceptors (Lipinski definition) is 7. The standard InChI is InChI=1S/C27H22N5O3P3/c28-25-22-21(29-16-30-22)20-23(36(33)17-10-4-1-5-11-17)24(37(34)18-12-6-2-7-13-18)27(32-26(20)31-25)38(35)19-14-8-3-9-15-19/h1-16,36-38H,(H,29,30)(H2,28,31,32). The van der Waals surface area contributed by atoms with Crippen LogP contribution in [0.1, 0.15) is 0 Å². The number of aromatic nitrogens is 4. The molecule has 0 bridgehead atoms. The second-order valence-corrected chi connectivity index (χ2v) is 13.8. The average Bonchev–Trinajstić information content (AvgIpc) is 3.47. The van der Waals surface area contributed by atoms with Gasteiger partial charge in [-0.2, -0.15) is 0 Å². The minimum absolute atomic E-state index is 0.136. The minimum atomic E-state index is -2.81. The van der Waals surface area contributed by atoms with Crippen LogP contribution in [0.3, 0.4) is 0 Å². The van der Waals surface area contributed by atoms with Crippen LogP contribution < -0.4 is 37.7 Å². The Morgan fingerprint density at radius 3 is 1.68 bits per heavy atom. The predicted molar refractivity (Wildman–Crippen MR) is 158 cm³/mol. The molecule has 11 heteroatoms. The maximum atomic E-state index is 14.4. The highest BCUT2D eigenvalue weighted by Crippen LogP contribution is 2.34. The number of imidazole rings is 1. The Bertz CT molecular complexity index is 1880. The summed E-state index contributed by atoms with van der Waals surface area (Å²) >= 11 is 0. The van der Waals surface area contributed by atoms with Gasteiger partial charge in [0.25, 0.3) is 0 Å². The van der Waals surface area contributed by atoms with Crippen LogP contribution in [0, 0.1) is 0 Å². The molecule has 188 valence electrons. The number of aromatic amines is 1. The lowest BCUT2D eigenvalue weighted by molar-refractivity contribution is 0.595. The van der Waals surface area contributed by atoms with E-state index in [0.29, 0.717) is 37.6 Å². The van der Waals surface area contributed by atoms with Crippen LogP contribution in [-0.2, 0) is 13.7 Å². The second-order valence-electron chi connectivity index (χ2n) is 8.62. The van der Waals surface area contributed by atoms with Crippen LogP contribution in [0.15, 0.2) is 97.3 Å². The van der Waals surface area contributed by atoms with E-state index in [9.17, 15) is 13.7 Å². The zero-order chi connectivity index (χ0) is 26.2. The third kappa shape index (κ3) is 4.21. The maximum Gasteiger partial charge on any atom is 0.165 e. The Hall–Kier alpha value is -3.82. The van der Waals surface area contributed by atoms with Gasteiger partial charge in [-0.3, -0.25) is 0 Å². The van der Waals surface area contributed by atoms with Gasteiger partial charge in [0, 0.05) is 21.2 Å². The molecule has 0 aliphatic rings. The molecule has 38 heavy (non-hydrogen) atoms. The Morgan fingerprint density at radius 1 is 0.632 bits per heavy atom. The molecule has 0 amide bonds. The lowest BCUT2D eigenvalue weighted by Crippen LogP contribution is -2.38. The Kier molecular flexibility index (Phi) is 6.55. The summed E-state index contributed by atoms with van der Waals surface area (Å²) in [5, 5.41) is 2.67. The van der Waals surface area contributed by atoms with Crippen molar-refractivity contribution in [3.8, 4) is 0 Å². The fourth-order valence-electron chi connectivity index (χ4n) is 4.54. The molecular formula is C27H22N5O3P3. The van der Waals surface area contributed by atoms with Crippen LogP contribution >= 0.6 is 23.4 Å². The fraction of sp³-hybridized carbons (Fsp3) is 0. The molecule has 0 spiro atoms. The normalized spacial score (nSPS) is 13.9. The third-order valence-corrected chi connectivity index (χ3v) is 12.1. The van der Waals surface area contributed by atoms with Crippen molar-refractivity contribution >= 4 is 83.2 Å². The van der Waals surface area contributed by atoms with Crippen molar-refractivity contribution < 1.29 is 13.7 Å². The van der Waals surface area contributed by atoms with Gasteiger partial charge in [0.2, 0.25) is 0 Å². The van der Waals surface area contributed by atoms with E-state index < -0.39 is 23.4 Å². The first kappa shape index (κ1) is 24.5. The Morgan fingerprint density at radius 2 is 1.13 bits per heavy atom. The van der Waals surface area contributed by atoms with Gasteiger partial charge in [-0.1, -0.05) is 91.0 Å². The highest BCUT2D eigenvalue weighted by Gasteiger charge is 2.30. The zero-order valence-electron chi connectivity index (χ0n) is 19.9. The maximum absolute atomic E-state index is 14.4. The molecule has 3 atom stereocenters. The smallest absolute Gasteiger partial charge is 0.165 e. The zero-order valence-corrected chi connectivity index (χ0v) is 22.9. The van der Waals surface area contributed by atoms with Gasteiger partial charge in [-0.15, -0.1) is 0 Å². The highest BCUT2D eigenvalue weighted by atomic mass is 31.1. The lowest BCUT2D eigenvalue weighted by atomic mass is 10.2. The van der Waals surface area contributed by atoms with Crippen molar-refractivity contribution in [1.82, 2.24) is 19.9 Å².